The number of hydrogen-bond donors (Lipinski definition) is 2. The van der Waals surface area contributed by atoms with E-state index in [2.05, 4.69) is 26.0 Å². The monoisotopic (exact) mass is 480 g/mol. The van der Waals surface area contributed by atoms with Crippen LogP contribution >= 0.6 is 15.9 Å². The van der Waals surface area contributed by atoms with Gasteiger partial charge in [-0.2, -0.15) is 0 Å². The third-order valence-electron chi connectivity index (χ3n) is 3.32. The molecule has 0 bridgehead atoms. The molecular formula is C19H30BrFN2O4S. The van der Waals surface area contributed by atoms with Crippen LogP contribution in [0.5, 0.6) is 0 Å². The van der Waals surface area contributed by atoms with Gasteiger partial charge in [-0.05, 0) is 73.9 Å². The second-order valence-corrected chi connectivity index (χ2v) is 11.9. The van der Waals surface area contributed by atoms with Crippen LogP contribution in [-0.4, -0.2) is 31.2 Å². The molecule has 2 N–H and O–H groups in total. The molecule has 0 aliphatic carbocycles. The van der Waals surface area contributed by atoms with Gasteiger partial charge >= 0.3 is 6.09 Å². The number of ether oxygens (including phenoxy) is 1. The summed E-state index contributed by atoms with van der Waals surface area (Å²) in [6, 6.07) is 2.34. The summed E-state index contributed by atoms with van der Waals surface area (Å²) in [5.74, 6) is -0.678. The molecule has 1 aromatic carbocycles. The molecule has 28 heavy (non-hydrogen) atoms. The van der Waals surface area contributed by atoms with Crippen LogP contribution < -0.4 is 10.0 Å². The Kier molecular flexibility index (Phi) is 7.35. The van der Waals surface area contributed by atoms with Gasteiger partial charge in [0.1, 0.15) is 11.4 Å². The second kappa shape index (κ2) is 8.28. The highest BCUT2D eigenvalue weighted by Crippen LogP contribution is 2.28. The first-order valence-electron chi connectivity index (χ1n) is 8.84. The maximum Gasteiger partial charge on any atom is 0.408 e. The molecule has 160 valence electrons. The number of hydrogen-bond acceptors (Lipinski definition) is 4. The first-order valence-corrected chi connectivity index (χ1v) is 11.1. The second-order valence-electron chi connectivity index (χ2n) is 9.41. The van der Waals surface area contributed by atoms with Crippen molar-refractivity contribution in [2.24, 2.45) is 0 Å². The molecular weight excluding hydrogens is 451 g/mol. The van der Waals surface area contributed by atoms with Crippen LogP contribution in [0.1, 0.15) is 61.0 Å². The molecule has 0 aliphatic heterocycles. The van der Waals surface area contributed by atoms with E-state index in [1.165, 1.54) is 6.07 Å². The minimum absolute atomic E-state index is 0.131. The van der Waals surface area contributed by atoms with E-state index < -0.39 is 38.6 Å². The molecule has 0 aliphatic rings. The van der Waals surface area contributed by atoms with Crippen LogP contribution in [0, 0.1) is 5.82 Å². The Morgan fingerprint density at radius 3 is 2.07 bits per heavy atom. The van der Waals surface area contributed by atoms with E-state index in [0.29, 0.717) is 4.47 Å². The fourth-order valence-corrected chi connectivity index (χ4v) is 4.62. The molecule has 0 atom stereocenters. The van der Waals surface area contributed by atoms with Crippen LogP contribution in [-0.2, 0) is 21.2 Å². The number of carbonyl (C=O) groups excluding carboxylic acids is 1. The number of alkyl carbamates (subject to hydrolysis) is 1. The number of rotatable bonds is 5. The molecule has 0 radical (unpaired) electrons. The first-order chi connectivity index (χ1) is 12.3. The van der Waals surface area contributed by atoms with Crippen molar-refractivity contribution in [1.29, 1.82) is 0 Å². The van der Waals surface area contributed by atoms with Gasteiger partial charge in [0.2, 0.25) is 10.0 Å². The number of benzene rings is 1. The minimum Gasteiger partial charge on any atom is -0.444 e. The topological polar surface area (TPSA) is 84.5 Å². The van der Waals surface area contributed by atoms with Crippen molar-refractivity contribution in [3.05, 3.63) is 28.0 Å². The van der Waals surface area contributed by atoms with Crippen molar-refractivity contribution in [2.45, 2.75) is 83.4 Å². The van der Waals surface area contributed by atoms with Crippen LogP contribution in [0.3, 0.4) is 0 Å². The Bertz CT molecular complexity index is 817. The predicted molar refractivity (Wildman–Crippen MR) is 111 cm³/mol. The van der Waals surface area contributed by atoms with Crippen LogP contribution in [0.4, 0.5) is 9.18 Å². The minimum atomic E-state index is -3.87. The Balaban J connectivity index is 3.10. The summed E-state index contributed by atoms with van der Waals surface area (Å²) in [5, 5.41) is 2.71. The maximum absolute atomic E-state index is 14.7. The summed E-state index contributed by atoms with van der Waals surface area (Å²) in [6.07, 6.45) is -0.478. The van der Waals surface area contributed by atoms with Crippen molar-refractivity contribution < 1.29 is 22.3 Å². The molecule has 6 nitrogen and oxygen atoms in total. The number of amides is 1. The Hall–Kier alpha value is -1.19. The van der Waals surface area contributed by atoms with Gasteiger partial charge < -0.3 is 10.1 Å². The Morgan fingerprint density at radius 1 is 1.11 bits per heavy atom. The van der Waals surface area contributed by atoms with Gasteiger partial charge in [0, 0.05) is 21.1 Å². The van der Waals surface area contributed by atoms with E-state index in [1.807, 2.05) is 0 Å². The van der Waals surface area contributed by atoms with Gasteiger partial charge in [-0.1, -0.05) is 15.9 Å². The van der Waals surface area contributed by atoms with Crippen molar-refractivity contribution in [1.82, 2.24) is 10.0 Å². The molecule has 9 heteroatoms. The Labute approximate surface area is 175 Å². The van der Waals surface area contributed by atoms with Gasteiger partial charge in [-0.15, -0.1) is 0 Å². The average Bonchev–Trinajstić information content (AvgIpc) is 2.36. The molecule has 0 saturated carbocycles. The Morgan fingerprint density at radius 2 is 1.64 bits per heavy atom. The normalized spacial score (nSPS) is 13.4. The molecule has 0 saturated heterocycles. The molecule has 0 spiro atoms. The van der Waals surface area contributed by atoms with E-state index in [0.717, 1.165) is 6.07 Å². The quantitative estimate of drug-likeness (QED) is 0.648. The van der Waals surface area contributed by atoms with E-state index in [-0.39, 0.29) is 16.9 Å². The fourth-order valence-electron chi connectivity index (χ4n) is 2.43. The largest absolute Gasteiger partial charge is 0.444 e. The van der Waals surface area contributed by atoms with E-state index in [1.54, 1.807) is 55.4 Å². The van der Waals surface area contributed by atoms with Gasteiger partial charge in [-0.25, -0.2) is 22.3 Å². The highest BCUT2D eigenvalue weighted by atomic mass is 79.9. The summed E-state index contributed by atoms with van der Waals surface area (Å²) in [4.78, 5) is 11.9. The third-order valence-corrected chi connectivity index (χ3v) is 5.77. The fraction of sp³-hybridized carbons (Fsp3) is 0.632. The SMILES string of the molecule is CC(C)(C)NS(=O)(=O)c1cc(F)c(CC(C)(C)NC(=O)OC(C)(C)C)c(Br)c1. The van der Waals surface area contributed by atoms with Crippen molar-refractivity contribution in [2.75, 3.05) is 0 Å². The zero-order valence-electron chi connectivity index (χ0n) is 17.7. The number of nitrogens with one attached hydrogen (secondary N) is 2. The predicted octanol–water partition coefficient (Wildman–Crippen LogP) is 4.51. The zero-order valence-corrected chi connectivity index (χ0v) is 20.1. The lowest BCUT2D eigenvalue weighted by Crippen LogP contribution is -2.47. The molecule has 0 unspecified atom stereocenters. The molecule has 1 aromatic rings. The lowest BCUT2D eigenvalue weighted by Gasteiger charge is -2.29. The van der Waals surface area contributed by atoms with Crippen molar-refractivity contribution in [3.8, 4) is 0 Å². The molecule has 1 rings (SSSR count). The van der Waals surface area contributed by atoms with Crippen LogP contribution in [0.25, 0.3) is 0 Å². The number of halogens is 2. The summed E-state index contributed by atoms with van der Waals surface area (Å²) >= 11 is 3.26. The first kappa shape index (κ1) is 24.8. The smallest absolute Gasteiger partial charge is 0.408 e. The number of carbonyl (C=O) groups is 1. The maximum atomic E-state index is 14.7. The molecule has 0 fully saturated rings. The highest BCUT2D eigenvalue weighted by Gasteiger charge is 2.29. The van der Waals surface area contributed by atoms with Crippen molar-refractivity contribution in [3.63, 3.8) is 0 Å². The van der Waals surface area contributed by atoms with E-state index in [9.17, 15) is 17.6 Å². The summed E-state index contributed by atoms with van der Waals surface area (Å²) < 4.78 is 47.7. The summed E-state index contributed by atoms with van der Waals surface area (Å²) in [6.45, 7) is 13.8. The van der Waals surface area contributed by atoms with Gasteiger partial charge in [0.25, 0.3) is 0 Å². The van der Waals surface area contributed by atoms with E-state index in [4.69, 9.17) is 4.74 Å². The van der Waals surface area contributed by atoms with Crippen LogP contribution in [0.15, 0.2) is 21.5 Å². The zero-order chi connectivity index (χ0) is 22.1. The van der Waals surface area contributed by atoms with Gasteiger partial charge in [0.15, 0.2) is 0 Å². The molecule has 1 amide bonds. The average molecular weight is 481 g/mol. The molecule has 0 heterocycles. The summed E-state index contributed by atoms with van der Waals surface area (Å²) in [5.41, 5.74) is -1.91. The number of sulfonamides is 1. The van der Waals surface area contributed by atoms with Gasteiger partial charge in [-0.3, -0.25) is 0 Å². The van der Waals surface area contributed by atoms with Crippen molar-refractivity contribution >= 4 is 32.0 Å². The van der Waals surface area contributed by atoms with Crippen LogP contribution in [0.2, 0.25) is 0 Å². The highest BCUT2D eigenvalue weighted by molar-refractivity contribution is 9.10. The standard InChI is InChI=1S/C19H30BrFN2O4S/c1-17(2,3)23-28(25,26)12-9-14(20)13(15(21)10-12)11-19(7,8)22-16(24)27-18(4,5)6/h9-10,23H,11H2,1-8H3,(H,22,24). The lowest BCUT2D eigenvalue weighted by molar-refractivity contribution is 0.0472. The van der Waals surface area contributed by atoms with Gasteiger partial charge in [0.05, 0.1) is 4.90 Å². The molecule has 0 aromatic heterocycles. The summed E-state index contributed by atoms with van der Waals surface area (Å²) in [7, 11) is -3.87. The van der Waals surface area contributed by atoms with E-state index >= 15 is 0 Å². The lowest BCUT2D eigenvalue weighted by atomic mass is 9.95. The third kappa shape index (κ3) is 8.05.